The van der Waals surface area contributed by atoms with E-state index in [1.54, 1.807) is 19.5 Å². The Kier molecular flexibility index (Phi) is 5.53. The summed E-state index contributed by atoms with van der Waals surface area (Å²) in [7, 11) is 3.68. The molecule has 0 saturated heterocycles. The monoisotopic (exact) mass is 292 g/mol. The highest BCUT2D eigenvalue weighted by atomic mass is 16.5. The van der Waals surface area contributed by atoms with Crippen molar-refractivity contribution in [1.82, 2.24) is 20.2 Å². The third kappa shape index (κ3) is 2.90. The molecule has 1 N–H and O–H groups in total. The summed E-state index contributed by atoms with van der Waals surface area (Å²) < 4.78 is 5.45. The highest BCUT2D eigenvalue weighted by molar-refractivity contribution is 5.26. The van der Waals surface area contributed by atoms with Crippen LogP contribution in [-0.2, 0) is 0 Å². The fourth-order valence-electron chi connectivity index (χ4n) is 3.98. The van der Waals surface area contributed by atoms with Crippen LogP contribution in [0.4, 0.5) is 0 Å². The van der Waals surface area contributed by atoms with Crippen molar-refractivity contribution in [2.24, 2.45) is 0 Å². The molecule has 1 aliphatic rings. The zero-order valence-electron chi connectivity index (χ0n) is 13.7. The molecule has 118 valence electrons. The normalized spacial score (nSPS) is 18.9. The van der Waals surface area contributed by atoms with Gasteiger partial charge in [0.15, 0.2) is 0 Å². The molecule has 1 aromatic heterocycles. The van der Waals surface area contributed by atoms with E-state index in [4.69, 9.17) is 4.74 Å². The first-order chi connectivity index (χ1) is 10.2. The maximum absolute atomic E-state index is 5.45. The van der Waals surface area contributed by atoms with E-state index in [9.17, 15) is 0 Å². The molecule has 1 heterocycles. The highest BCUT2D eigenvalue weighted by Gasteiger charge is 2.46. The summed E-state index contributed by atoms with van der Waals surface area (Å²) in [6.45, 7) is 6.59. The van der Waals surface area contributed by atoms with Gasteiger partial charge in [-0.05, 0) is 33.0 Å². The summed E-state index contributed by atoms with van der Waals surface area (Å²) in [5, 5.41) is 3.50. The molecule has 0 radical (unpaired) electrons. The summed E-state index contributed by atoms with van der Waals surface area (Å²) in [6, 6.07) is 0.142. The molecule has 1 fully saturated rings. The highest BCUT2D eigenvalue weighted by Crippen LogP contribution is 2.45. The van der Waals surface area contributed by atoms with Crippen LogP contribution in [0, 0.1) is 0 Å². The Balaban J connectivity index is 2.45. The molecule has 1 aliphatic carbocycles. The zero-order chi connectivity index (χ0) is 15.3. The van der Waals surface area contributed by atoms with Gasteiger partial charge < -0.3 is 10.1 Å². The van der Waals surface area contributed by atoms with Crippen LogP contribution < -0.4 is 10.1 Å². The van der Waals surface area contributed by atoms with Gasteiger partial charge in [-0.2, -0.15) is 0 Å². The third-order valence-electron chi connectivity index (χ3n) is 4.85. The Hall–Kier alpha value is -1.20. The van der Waals surface area contributed by atoms with E-state index >= 15 is 0 Å². The SMILES string of the molecule is CCN(CC)C1(C(NC)c2nccnc2OC)CCCC1. The van der Waals surface area contributed by atoms with Crippen molar-refractivity contribution < 1.29 is 4.74 Å². The van der Waals surface area contributed by atoms with E-state index < -0.39 is 0 Å². The molecule has 0 spiro atoms. The molecule has 5 nitrogen and oxygen atoms in total. The van der Waals surface area contributed by atoms with Crippen molar-refractivity contribution in [2.45, 2.75) is 51.1 Å². The van der Waals surface area contributed by atoms with E-state index in [2.05, 4.69) is 34.0 Å². The molecule has 2 rings (SSSR count). The largest absolute Gasteiger partial charge is 0.480 e. The van der Waals surface area contributed by atoms with Gasteiger partial charge in [-0.3, -0.25) is 9.88 Å². The molecule has 1 atom stereocenters. The smallest absolute Gasteiger partial charge is 0.237 e. The lowest BCUT2D eigenvalue weighted by Gasteiger charge is -2.46. The predicted molar refractivity (Wildman–Crippen MR) is 84.5 cm³/mol. The minimum Gasteiger partial charge on any atom is -0.480 e. The van der Waals surface area contributed by atoms with Gasteiger partial charge in [0.05, 0.1) is 13.2 Å². The van der Waals surface area contributed by atoms with Gasteiger partial charge in [-0.25, -0.2) is 4.98 Å². The molecule has 1 aromatic rings. The van der Waals surface area contributed by atoms with Crippen molar-refractivity contribution >= 4 is 0 Å². The van der Waals surface area contributed by atoms with E-state index in [0.29, 0.717) is 5.88 Å². The van der Waals surface area contributed by atoms with Crippen molar-refractivity contribution in [3.8, 4) is 5.88 Å². The Morgan fingerprint density at radius 1 is 1.24 bits per heavy atom. The quantitative estimate of drug-likeness (QED) is 0.836. The minimum atomic E-state index is 0.113. The molecular weight excluding hydrogens is 264 g/mol. The van der Waals surface area contributed by atoms with E-state index in [1.807, 2.05) is 7.05 Å². The van der Waals surface area contributed by atoms with Gasteiger partial charge in [-0.15, -0.1) is 0 Å². The van der Waals surface area contributed by atoms with Crippen LogP contribution in [-0.4, -0.2) is 47.7 Å². The van der Waals surface area contributed by atoms with Crippen LogP contribution in [0.5, 0.6) is 5.88 Å². The molecule has 5 heteroatoms. The topological polar surface area (TPSA) is 50.3 Å². The maximum Gasteiger partial charge on any atom is 0.237 e. The summed E-state index contributed by atoms with van der Waals surface area (Å²) in [6.07, 6.45) is 8.38. The van der Waals surface area contributed by atoms with Gasteiger partial charge in [0.2, 0.25) is 5.88 Å². The number of likely N-dealkylation sites (N-methyl/N-ethyl adjacent to an activating group) is 2. The van der Waals surface area contributed by atoms with Crippen LogP contribution in [0.1, 0.15) is 51.3 Å². The lowest BCUT2D eigenvalue weighted by molar-refractivity contribution is 0.0627. The maximum atomic E-state index is 5.45. The third-order valence-corrected chi connectivity index (χ3v) is 4.85. The van der Waals surface area contributed by atoms with Gasteiger partial charge in [-0.1, -0.05) is 26.7 Å². The number of rotatable bonds is 7. The molecule has 0 bridgehead atoms. The van der Waals surface area contributed by atoms with Crippen LogP contribution in [0.3, 0.4) is 0 Å². The number of nitrogens with one attached hydrogen (secondary N) is 1. The average Bonchev–Trinajstić information content (AvgIpc) is 3.00. The summed E-state index contributed by atoms with van der Waals surface area (Å²) in [4.78, 5) is 11.5. The fourth-order valence-corrected chi connectivity index (χ4v) is 3.98. The number of aromatic nitrogens is 2. The summed E-state index contributed by atoms with van der Waals surface area (Å²) in [5.74, 6) is 0.635. The van der Waals surface area contributed by atoms with Gasteiger partial charge in [0, 0.05) is 17.9 Å². The Bertz CT molecular complexity index is 442. The van der Waals surface area contributed by atoms with Crippen molar-refractivity contribution in [1.29, 1.82) is 0 Å². The Morgan fingerprint density at radius 2 is 1.86 bits per heavy atom. The number of hydrogen-bond donors (Lipinski definition) is 1. The van der Waals surface area contributed by atoms with Crippen molar-refractivity contribution in [3.05, 3.63) is 18.1 Å². The van der Waals surface area contributed by atoms with E-state index in [0.717, 1.165) is 18.8 Å². The van der Waals surface area contributed by atoms with Crippen LogP contribution in [0.15, 0.2) is 12.4 Å². The zero-order valence-corrected chi connectivity index (χ0v) is 13.7. The first kappa shape index (κ1) is 16.2. The second-order valence-electron chi connectivity index (χ2n) is 5.66. The number of hydrogen-bond acceptors (Lipinski definition) is 5. The second-order valence-corrected chi connectivity index (χ2v) is 5.66. The summed E-state index contributed by atoms with van der Waals surface area (Å²) >= 11 is 0. The molecule has 0 amide bonds. The first-order valence-electron chi connectivity index (χ1n) is 8.00. The second kappa shape index (κ2) is 7.18. The standard InChI is InChI=1S/C16H28N4O/c1-5-20(6-2)16(9-7-8-10-16)14(17-3)13-15(21-4)19-12-11-18-13/h11-12,14,17H,5-10H2,1-4H3. The lowest BCUT2D eigenvalue weighted by atomic mass is 9.83. The first-order valence-corrected chi connectivity index (χ1v) is 8.00. The van der Waals surface area contributed by atoms with E-state index in [1.165, 1.54) is 25.7 Å². The Morgan fingerprint density at radius 3 is 2.38 bits per heavy atom. The molecular formula is C16H28N4O. The fraction of sp³-hybridized carbons (Fsp3) is 0.750. The van der Waals surface area contributed by atoms with Gasteiger partial charge in [0.1, 0.15) is 5.69 Å². The lowest BCUT2D eigenvalue weighted by Crippen LogP contribution is -2.54. The molecule has 1 saturated carbocycles. The Labute approximate surface area is 128 Å². The molecule has 1 unspecified atom stereocenters. The van der Waals surface area contributed by atoms with Crippen molar-refractivity contribution in [2.75, 3.05) is 27.2 Å². The van der Waals surface area contributed by atoms with Gasteiger partial charge >= 0.3 is 0 Å². The molecule has 21 heavy (non-hydrogen) atoms. The molecule has 0 aliphatic heterocycles. The van der Waals surface area contributed by atoms with Crippen molar-refractivity contribution in [3.63, 3.8) is 0 Å². The predicted octanol–water partition coefficient (Wildman–Crippen LogP) is 2.40. The molecule has 0 aromatic carbocycles. The average molecular weight is 292 g/mol. The number of ether oxygens (including phenoxy) is 1. The number of nitrogens with zero attached hydrogens (tertiary/aromatic N) is 3. The van der Waals surface area contributed by atoms with E-state index in [-0.39, 0.29) is 11.6 Å². The minimum absolute atomic E-state index is 0.113. The van der Waals surface area contributed by atoms with Crippen LogP contribution in [0.25, 0.3) is 0 Å². The summed E-state index contributed by atoms with van der Waals surface area (Å²) in [5.41, 5.74) is 1.04. The van der Waals surface area contributed by atoms with Gasteiger partial charge in [0.25, 0.3) is 0 Å². The van der Waals surface area contributed by atoms with Crippen LogP contribution in [0.2, 0.25) is 0 Å². The number of methoxy groups -OCH3 is 1. The van der Waals surface area contributed by atoms with Crippen LogP contribution >= 0.6 is 0 Å².